The number of rotatable bonds is 5. The standard InChI is InChI=1S/C13H19BrO/c1-3-4-5-10-13(2,15)11-6-8-12(14)9-7-11/h6-9,15H,3-5,10H2,1-2H3. The third-order valence-corrected chi connectivity index (χ3v) is 3.26. The Labute approximate surface area is 101 Å². The third-order valence-electron chi connectivity index (χ3n) is 2.73. The lowest BCUT2D eigenvalue weighted by molar-refractivity contribution is 0.0449. The Morgan fingerprint density at radius 1 is 1.20 bits per heavy atom. The summed E-state index contributed by atoms with van der Waals surface area (Å²) in [5.41, 5.74) is 0.317. The first-order chi connectivity index (χ1) is 7.06. The van der Waals surface area contributed by atoms with Crippen LogP contribution < -0.4 is 0 Å². The van der Waals surface area contributed by atoms with Crippen LogP contribution in [0.15, 0.2) is 28.7 Å². The van der Waals surface area contributed by atoms with E-state index in [1.807, 2.05) is 31.2 Å². The molecule has 0 bridgehead atoms. The maximum Gasteiger partial charge on any atom is 0.0868 e. The second kappa shape index (κ2) is 5.66. The van der Waals surface area contributed by atoms with Crippen molar-refractivity contribution in [3.63, 3.8) is 0 Å². The number of benzene rings is 1. The molecule has 1 unspecified atom stereocenters. The maximum atomic E-state index is 10.3. The van der Waals surface area contributed by atoms with Gasteiger partial charge in [-0.25, -0.2) is 0 Å². The van der Waals surface area contributed by atoms with Crippen molar-refractivity contribution >= 4 is 15.9 Å². The predicted octanol–water partition coefficient (Wildman–Crippen LogP) is 4.24. The van der Waals surface area contributed by atoms with Crippen molar-refractivity contribution in [3.8, 4) is 0 Å². The van der Waals surface area contributed by atoms with Crippen molar-refractivity contribution in [1.82, 2.24) is 0 Å². The van der Waals surface area contributed by atoms with Crippen LogP contribution >= 0.6 is 15.9 Å². The smallest absolute Gasteiger partial charge is 0.0868 e. The maximum absolute atomic E-state index is 10.3. The normalized spacial score (nSPS) is 14.9. The lowest BCUT2D eigenvalue weighted by atomic mass is 9.90. The van der Waals surface area contributed by atoms with Gasteiger partial charge in [-0.1, -0.05) is 54.2 Å². The number of halogens is 1. The largest absolute Gasteiger partial charge is 0.385 e. The zero-order valence-corrected chi connectivity index (χ0v) is 11.0. The van der Waals surface area contributed by atoms with Gasteiger partial charge in [-0.15, -0.1) is 0 Å². The van der Waals surface area contributed by atoms with Gasteiger partial charge in [0.1, 0.15) is 0 Å². The first-order valence-corrected chi connectivity index (χ1v) is 6.34. The molecule has 0 heterocycles. The van der Waals surface area contributed by atoms with E-state index in [0.29, 0.717) is 0 Å². The number of unbranched alkanes of at least 4 members (excludes halogenated alkanes) is 2. The fourth-order valence-corrected chi connectivity index (χ4v) is 1.94. The molecular formula is C13H19BrO. The highest BCUT2D eigenvalue weighted by molar-refractivity contribution is 9.10. The minimum atomic E-state index is -0.685. The Balaban J connectivity index is 2.63. The van der Waals surface area contributed by atoms with E-state index in [1.54, 1.807) is 0 Å². The van der Waals surface area contributed by atoms with Crippen LogP contribution in [0.1, 0.15) is 45.1 Å². The molecule has 1 nitrogen and oxygen atoms in total. The van der Waals surface area contributed by atoms with Crippen molar-refractivity contribution in [2.45, 2.75) is 45.1 Å². The van der Waals surface area contributed by atoms with Crippen LogP contribution in [0.5, 0.6) is 0 Å². The Morgan fingerprint density at radius 2 is 1.80 bits per heavy atom. The number of hydrogen-bond donors (Lipinski definition) is 1. The summed E-state index contributed by atoms with van der Waals surface area (Å²) < 4.78 is 1.05. The van der Waals surface area contributed by atoms with Crippen LogP contribution in [0, 0.1) is 0 Å². The van der Waals surface area contributed by atoms with Gasteiger partial charge < -0.3 is 5.11 Å². The van der Waals surface area contributed by atoms with Crippen molar-refractivity contribution in [3.05, 3.63) is 34.3 Å². The van der Waals surface area contributed by atoms with E-state index in [4.69, 9.17) is 0 Å². The van der Waals surface area contributed by atoms with Gasteiger partial charge >= 0.3 is 0 Å². The third kappa shape index (κ3) is 3.96. The molecule has 0 saturated carbocycles. The molecule has 0 spiro atoms. The van der Waals surface area contributed by atoms with Gasteiger partial charge in [0.25, 0.3) is 0 Å². The molecule has 0 fully saturated rings. The van der Waals surface area contributed by atoms with Crippen LogP contribution in [-0.2, 0) is 5.60 Å². The summed E-state index contributed by atoms with van der Waals surface area (Å²) in [4.78, 5) is 0. The zero-order valence-electron chi connectivity index (χ0n) is 9.46. The SMILES string of the molecule is CCCCCC(C)(O)c1ccc(Br)cc1. The summed E-state index contributed by atoms with van der Waals surface area (Å²) >= 11 is 3.39. The topological polar surface area (TPSA) is 20.2 Å². The Hall–Kier alpha value is -0.340. The van der Waals surface area contributed by atoms with Gasteiger partial charge in [-0.05, 0) is 31.0 Å². The fraction of sp³-hybridized carbons (Fsp3) is 0.538. The first-order valence-electron chi connectivity index (χ1n) is 5.54. The summed E-state index contributed by atoms with van der Waals surface area (Å²) in [7, 11) is 0. The molecule has 1 aromatic rings. The zero-order chi connectivity index (χ0) is 11.3. The molecule has 1 rings (SSSR count). The second-order valence-corrected chi connectivity index (χ2v) is 5.15. The fourth-order valence-electron chi connectivity index (χ4n) is 1.67. The highest BCUT2D eigenvalue weighted by Gasteiger charge is 2.21. The van der Waals surface area contributed by atoms with Crippen LogP contribution in [0.25, 0.3) is 0 Å². The van der Waals surface area contributed by atoms with Gasteiger partial charge in [0.2, 0.25) is 0 Å². The van der Waals surface area contributed by atoms with Gasteiger partial charge in [-0.3, -0.25) is 0 Å². The van der Waals surface area contributed by atoms with E-state index in [2.05, 4.69) is 22.9 Å². The second-order valence-electron chi connectivity index (χ2n) is 4.24. The minimum Gasteiger partial charge on any atom is -0.385 e. The summed E-state index contributed by atoms with van der Waals surface area (Å²) in [5, 5.41) is 10.3. The van der Waals surface area contributed by atoms with Crippen LogP contribution in [-0.4, -0.2) is 5.11 Å². The molecule has 0 saturated heterocycles. The molecule has 0 aliphatic heterocycles. The van der Waals surface area contributed by atoms with Crippen molar-refractivity contribution in [2.24, 2.45) is 0 Å². The molecule has 0 aliphatic rings. The molecule has 1 atom stereocenters. The molecule has 1 N–H and O–H groups in total. The average Bonchev–Trinajstić information content (AvgIpc) is 2.18. The van der Waals surface area contributed by atoms with Crippen molar-refractivity contribution < 1.29 is 5.11 Å². The molecule has 15 heavy (non-hydrogen) atoms. The monoisotopic (exact) mass is 270 g/mol. The summed E-state index contributed by atoms with van der Waals surface area (Å²) in [5.74, 6) is 0. The van der Waals surface area contributed by atoms with Crippen LogP contribution in [0.4, 0.5) is 0 Å². The van der Waals surface area contributed by atoms with E-state index in [0.717, 1.165) is 22.9 Å². The quantitative estimate of drug-likeness (QED) is 0.794. The van der Waals surface area contributed by atoms with E-state index in [-0.39, 0.29) is 0 Å². The molecule has 2 heteroatoms. The van der Waals surface area contributed by atoms with Crippen molar-refractivity contribution in [2.75, 3.05) is 0 Å². The highest BCUT2D eigenvalue weighted by Crippen LogP contribution is 2.27. The predicted molar refractivity (Wildman–Crippen MR) is 67.9 cm³/mol. The van der Waals surface area contributed by atoms with Crippen LogP contribution in [0.3, 0.4) is 0 Å². The molecule has 0 aromatic heterocycles. The summed E-state index contributed by atoms with van der Waals surface area (Å²) in [6.07, 6.45) is 4.30. The van der Waals surface area contributed by atoms with Gasteiger partial charge in [0.05, 0.1) is 5.60 Å². The lowest BCUT2D eigenvalue weighted by Gasteiger charge is -2.23. The Morgan fingerprint density at radius 3 is 2.33 bits per heavy atom. The van der Waals surface area contributed by atoms with E-state index < -0.39 is 5.60 Å². The molecule has 0 radical (unpaired) electrons. The van der Waals surface area contributed by atoms with Gasteiger partial charge in [0, 0.05) is 4.47 Å². The average molecular weight is 271 g/mol. The highest BCUT2D eigenvalue weighted by atomic mass is 79.9. The molecule has 84 valence electrons. The molecular weight excluding hydrogens is 252 g/mol. The Bertz CT molecular complexity index is 290. The number of hydrogen-bond acceptors (Lipinski definition) is 1. The van der Waals surface area contributed by atoms with Crippen LogP contribution in [0.2, 0.25) is 0 Å². The Kier molecular flexibility index (Phi) is 4.81. The van der Waals surface area contributed by atoms with Gasteiger partial charge in [-0.2, -0.15) is 0 Å². The first kappa shape index (κ1) is 12.7. The molecule has 1 aromatic carbocycles. The molecule has 0 amide bonds. The van der Waals surface area contributed by atoms with Crippen molar-refractivity contribution in [1.29, 1.82) is 0 Å². The van der Waals surface area contributed by atoms with Gasteiger partial charge in [0.15, 0.2) is 0 Å². The minimum absolute atomic E-state index is 0.685. The summed E-state index contributed by atoms with van der Waals surface area (Å²) in [6.45, 7) is 4.07. The van der Waals surface area contributed by atoms with E-state index >= 15 is 0 Å². The lowest BCUT2D eigenvalue weighted by Crippen LogP contribution is -2.20. The van der Waals surface area contributed by atoms with E-state index in [1.165, 1.54) is 12.8 Å². The summed E-state index contributed by atoms with van der Waals surface area (Å²) in [6, 6.07) is 7.92. The molecule has 0 aliphatic carbocycles. The number of aliphatic hydroxyl groups is 1. The van der Waals surface area contributed by atoms with E-state index in [9.17, 15) is 5.11 Å².